The van der Waals surface area contributed by atoms with E-state index < -0.39 is 0 Å². The van der Waals surface area contributed by atoms with Crippen LogP contribution in [-0.4, -0.2) is 16.6 Å². The molecule has 0 saturated heterocycles. The van der Waals surface area contributed by atoms with Crippen LogP contribution in [0.1, 0.15) is 17.9 Å². The Morgan fingerprint density at radius 1 is 1.56 bits per heavy atom. The van der Waals surface area contributed by atoms with Crippen molar-refractivity contribution in [3.8, 4) is 10.6 Å². The lowest BCUT2D eigenvalue weighted by atomic mass is 10.2. The Balaban J connectivity index is 2.09. The second-order valence-electron chi connectivity index (χ2n) is 4.09. The van der Waals surface area contributed by atoms with Crippen molar-refractivity contribution < 1.29 is 0 Å². The van der Waals surface area contributed by atoms with Crippen LogP contribution < -0.4 is 5.32 Å². The van der Waals surface area contributed by atoms with Crippen LogP contribution in [0.4, 0.5) is 0 Å². The van der Waals surface area contributed by atoms with E-state index in [0.29, 0.717) is 0 Å². The summed E-state index contributed by atoms with van der Waals surface area (Å²) in [5.41, 5.74) is 2.63. The number of rotatable bonds is 3. The van der Waals surface area contributed by atoms with E-state index in [9.17, 15) is 0 Å². The second-order valence-corrected chi connectivity index (χ2v) is 5.03. The maximum Gasteiger partial charge on any atom is 0.123 e. The third-order valence-corrected chi connectivity index (χ3v) is 3.91. The zero-order valence-electron chi connectivity index (χ0n) is 9.36. The van der Waals surface area contributed by atoms with Crippen LogP contribution in [0.2, 0.25) is 0 Å². The first-order chi connectivity index (χ1) is 7.90. The fourth-order valence-corrected chi connectivity index (χ4v) is 3.10. The summed E-state index contributed by atoms with van der Waals surface area (Å²) in [5, 5.41) is 5.31. The number of thiophene rings is 1. The smallest absolute Gasteiger partial charge is 0.123 e. The summed E-state index contributed by atoms with van der Waals surface area (Å²) in [6, 6.07) is 4.26. The molecule has 0 spiro atoms. The molecule has 0 saturated carbocycles. The normalized spacial score (nSPS) is 14.3. The molecule has 3 heterocycles. The fourth-order valence-electron chi connectivity index (χ4n) is 2.36. The summed E-state index contributed by atoms with van der Waals surface area (Å²) in [6.45, 7) is 1.99. The van der Waals surface area contributed by atoms with Gasteiger partial charge in [0.05, 0.1) is 11.4 Å². The molecule has 3 nitrogen and oxygen atoms in total. The average molecular weight is 233 g/mol. The van der Waals surface area contributed by atoms with E-state index in [-0.39, 0.29) is 0 Å². The molecule has 16 heavy (non-hydrogen) atoms. The van der Waals surface area contributed by atoms with Gasteiger partial charge in [-0.15, -0.1) is 11.3 Å². The van der Waals surface area contributed by atoms with Gasteiger partial charge in [-0.25, -0.2) is 4.98 Å². The Hall–Kier alpha value is -1.13. The van der Waals surface area contributed by atoms with E-state index in [1.54, 1.807) is 11.3 Å². The highest BCUT2D eigenvalue weighted by molar-refractivity contribution is 7.13. The summed E-state index contributed by atoms with van der Waals surface area (Å²) >= 11 is 1.78. The molecular formula is C12H15N3S. The number of aromatic nitrogens is 2. The predicted molar refractivity (Wildman–Crippen MR) is 66.6 cm³/mol. The number of imidazole rings is 1. The lowest BCUT2D eigenvalue weighted by Gasteiger charge is -2.01. The van der Waals surface area contributed by atoms with Crippen molar-refractivity contribution in [1.29, 1.82) is 0 Å². The highest BCUT2D eigenvalue weighted by atomic mass is 32.1. The topological polar surface area (TPSA) is 29.9 Å². The number of hydrogen-bond donors (Lipinski definition) is 1. The van der Waals surface area contributed by atoms with Crippen molar-refractivity contribution in [1.82, 2.24) is 14.9 Å². The van der Waals surface area contributed by atoms with Gasteiger partial charge in [0.1, 0.15) is 11.5 Å². The molecule has 0 fully saturated rings. The minimum Gasteiger partial charge on any atom is -0.330 e. The number of hydrogen-bond acceptors (Lipinski definition) is 3. The Bertz CT molecular complexity index is 485. The molecule has 2 aromatic heterocycles. The molecule has 1 aliphatic heterocycles. The van der Waals surface area contributed by atoms with Gasteiger partial charge in [0.25, 0.3) is 0 Å². The van der Waals surface area contributed by atoms with Crippen LogP contribution in [0.25, 0.3) is 10.6 Å². The van der Waals surface area contributed by atoms with Gasteiger partial charge >= 0.3 is 0 Å². The van der Waals surface area contributed by atoms with Crippen molar-refractivity contribution in [2.45, 2.75) is 25.9 Å². The molecule has 1 aliphatic rings. The van der Waals surface area contributed by atoms with Crippen molar-refractivity contribution in [3.63, 3.8) is 0 Å². The number of nitrogens with one attached hydrogen (secondary N) is 1. The first-order valence-electron chi connectivity index (χ1n) is 5.67. The van der Waals surface area contributed by atoms with E-state index >= 15 is 0 Å². The van der Waals surface area contributed by atoms with Gasteiger partial charge in [0.2, 0.25) is 0 Å². The molecule has 0 atom stereocenters. The zero-order valence-corrected chi connectivity index (χ0v) is 10.2. The number of nitrogens with zero attached hydrogens (tertiary/aromatic N) is 2. The predicted octanol–water partition coefficient (Wildman–Crippen LogP) is 2.28. The lowest BCUT2D eigenvalue weighted by Crippen LogP contribution is -2.11. The Morgan fingerprint density at radius 3 is 3.25 bits per heavy atom. The molecular weight excluding hydrogens is 218 g/mol. The summed E-state index contributed by atoms with van der Waals surface area (Å²) in [6.07, 6.45) is 2.43. The van der Waals surface area contributed by atoms with Crippen molar-refractivity contribution in [2.24, 2.45) is 0 Å². The first-order valence-corrected chi connectivity index (χ1v) is 6.55. The average Bonchev–Trinajstić information content (AvgIpc) is 2.94. The summed E-state index contributed by atoms with van der Waals surface area (Å²) in [4.78, 5) is 6.07. The van der Waals surface area contributed by atoms with Crippen LogP contribution in [0.15, 0.2) is 17.5 Å². The van der Waals surface area contributed by atoms with Crippen molar-refractivity contribution >= 4 is 11.3 Å². The molecule has 0 aromatic carbocycles. The molecule has 3 rings (SSSR count). The monoisotopic (exact) mass is 233 g/mol. The molecule has 4 heteroatoms. The maximum atomic E-state index is 4.77. The van der Waals surface area contributed by atoms with E-state index in [1.165, 1.54) is 34.9 Å². The molecule has 84 valence electrons. The zero-order chi connectivity index (χ0) is 11.0. The van der Waals surface area contributed by atoms with E-state index in [0.717, 1.165) is 13.1 Å². The second kappa shape index (κ2) is 4.03. The summed E-state index contributed by atoms with van der Waals surface area (Å²) in [7, 11) is 1.97. The molecule has 0 aliphatic carbocycles. The van der Waals surface area contributed by atoms with Crippen molar-refractivity contribution in [2.75, 3.05) is 7.05 Å². The molecule has 0 unspecified atom stereocenters. The quantitative estimate of drug-likeness (QED) is 0.881. The largest absolute Gasteiger partial charge is 0.330 e. The minimum absolute atomic E-state index is 0.859. The summed E-state index contributed by atoms with van der Waals surface area (Å²) < 4.78 is 2.38. The minimum atomic E-state index is 0.859. The standard InChI is InChI=1S/C12H15N3S/c1-13-8-11-14-12(10-5-3-7-16-10)9-4-2-6-15(9)11/h3,5,7,13H,2,4,6,8H2,1H3. The third-order valence-electron chi connectivity index (χ3n) is 3.04. The molecule has 0 radical (unpaired) electrons. The van der Waals surface area contributed by atoms with E-state index in [1.807, 2.05) is 7.05 Å². The first kappa shape index (κ1) is 10.1. The van der Waals surface area contributed by atoms with Crippen LogP contribution in [0.5, 0.6) is 0 Å². The molecule has 0 amide bonds. The van der Waals surface area contributed by atoms with E-state index in [4.69, 9.17) is 4.98 Å². The maximum absolute atomic E-state index is 4.77. The molecule has 2 aromatic rings. The summed E-state index contributed by atoms with van der Waals surface area (Å²) in [5.74, 6) is 1.18. The van der Waals surface area contributed by atoms with E-state index in [2.05, 4.69) is 27.4 Å². The van der Waals surface area contributed by atoms with Crippen LogP contribution in [-0.2, 0) is 19.5 Å². The Kier molecular flexibility index (Phi) is 2.53. The fraction of sp³-hybridized carbons (Fsp3) is 0.417. The SMILES string of the molecule is CNCc1nc(-c2cccs2)c2n1CCC2. The third kappa shape index (κ3) is 1.49. The van der Waals surface area contributed by atoms with Crippen molar-refractivity contribution in [3.05, 3.63) is 29.0 Å². The highest BCUT2D eigenvalue weighted by Crippen LogP contribution is 2.32. The van der Waals surface area contributed by atoms with Gasteiger partial charge in [0, 0.05) is 12.2 Å². The van der Waals surface area contributed by atoms with Gasteiger partial charge in [-0.1, -0.05) is 6.07 Å². The van der Waals surface area contributed by atoms with Gasteiger partial charge in [0.15, 0.2) is 0 Å². The molecule has 1 N–H and O–H groups in total. The van der Waals surface area contributed by atoms with Crippen LogP contribution in [0.3, 0.4) is 0 Å². The molecule has 0 bridgehead atoms. The van der Waals surface area contributed by atoms with Gasteiger partial charge in [-0.3, -0.25) is 0 Å². The highest BCUT2D eigenvalue weighted by Gasteiger charge is 2.22. The van der Waals surface area contributed by atoms with Gasteiger partial charge in [-0.2, -0.15) is 0 Å². The van der Waals surface area contributed by atoms with Crippen LogP contribution >= 0.6 is 11.3 Å². The Morgan fingerprint density at radius 2 is 2.50 bits per heavy atom. The Labute approximate surface area is 99.1 Å². The number of fused-ring (bicyclic) bond motifs is 1. The van der Waals surface area contributed by atoms with Gasteiger partial charge < -0.3 is 9.88 Å². The van der Waals surface area contributed by atoms with Gasteiger partial charge in [-0.05, 0) is 31.3 Å². The van der Waals surface area contributed by atoms with Crippen LogP contribution in [0, 0.1) is 0 Å². The lowest BCUT2D eigenvalue weighted by molar-refractivity contribution is 0.653.